The topological polar surface area (TPSA) is 66.4 Å². The number of anilines is 1. The average molecular weight is 389 g/mol. The lowest BCUT2D eigenvalue weighted by Crippen LogP contribution is -2.48. The Morgan fingerprint density at radius 2 is 1.77 bits per heavy atom. The van der Waals surface area contributed by atoms with E-state index in [1.165, 1.54) is 11.3 Å². The van der Waals surface area contributed by atoms with E-state index in [1.807, 2.05) is 37.5 Å². The Bertz CT molecular complexity index is 1050. The standard InChI is InChI=1S/C18H20N4O2S2/c1-13-18(25-14(2)20-13)26(23,24)22-9-7-21(8-10-22)17-12-19-11-15-5-3-4-6-16(15)17/h3-6,11-12H,7-10H2,1-2H3. The summed E-state index contributed by atoms with van der Waals surface area (Å²) in [6, 6.07) is 8.14. The molecule has 0 bridgehead atoms. The molecule has 1 aliphatic rings. The first-order chi connectivity index (χ1) is 12.5. The minimum absolute atomic E-state index is 0.371. The molecule has 3 heterocycles. The van der Waals surface area contributed by atoms with Crippen LogP contribution >= 0.6 is 11.3 Å². The number of hydrogen-bond donors (Lipinski definition) is 0. The van der Waals surface area contributed by atoms with Crippen molar-refractivity contribution < 1.29 is 8.42 Å². The predicted octanol–water partition coefficient (Wildman–Crippen LogP) is 2.82. The highest BCUT2D eigenvalue weighted by Crippen LogP contribution is 2.30. The molecule has 0 unspecified atom stereocenters. The molecule has 1 fully saturated rings. The van der Waals surface area contributed by atoms with Crippen molar-refractivity contribution in [3.63, 3.8) is 0 Å². The third-order valence-electron chi connectivity index (χ3n) is 4.66. The molecule has 1 aliphatic heterocycles. The second kappa shape index (κ2) is 6.61. The van der Waals surface area contributed by atoms with Gasteiger partial charge in [0.05, 0.1) is 22.6 Å². The number of nitrogens with zero attached hydrogens (tertiary/aromatic N) is 4. The van der Waals surface area contributed by atoms with Crippen molar-refractivity contribution in [2.45, 2.75) is 18.1 Å². The van der Waals surface area contributed by atoms with Crippen LogP contribution in [0.5, 0.6) is 0 Å². The summed E-state index contributed by atoms with van der Waals surface area (Å²) in [5, 5.41) is 3.02. The number of rotatable bonds is 3. The van der Waals surface area contributed by atoms with Crippen molar-refractivity contribution in [2.24, 2.45) is 0 Å². The average Bonchev–Trinajstić information content (AvgIpc) is 3.00. The van der Waals surface area contributed by atoms with Gasteiger partial charge in [-0.3, -0.25) is 4.98 Å². The normalized spacial score (nSPS) is 16.3. The van der Waals surface area contributed by atoms with Crippen LogP contribution in [0.2, 0.25) is 0 Å². The Hall–Kier alpha value is -2.03. The van der Waals surface area contributed by atoms with Gasteiger partial charge in [0.25, 0.3) is 10.0 Å². The molecular weight excluding hydrogens is 368 g/mol. The fourth-order valence-corrected chi connectivity index (χ4v) is 6.43. The minimum atomic E-state index is -3.47. The zero-order valence-corrected chi connectivity index (χ0v) is 16.3. The number of aryl methyl sites for hydroxylation is 2. The molecule has 26 heavy (non-hydrogen) atoms. The Labute approximate surface area is 157 Å². The number of benzene rings is 1. The van der Waals surface area contributed by atoms with Gasteiger partial charge in [0.1, 0.15) is 0 Å². The number of sulfonamides is 1. The molecule has 4 rings (SSSR count). The lowest BCUT2D eigenvalue weighted by Gasteiger charge is -2.35. The molecule has 2 aromatic heterocycles. The van der Waals surface area contributed by atoms with Crippen molar-refractivity contribution in [3.05, 3.63) is 47.4 Å². The molecule has 8 heteroatoms. The molecule has 0 aliphatic carbocycles. The highest BCUT2D eigenvalue weighted by molar-refractivity contribution is 7.91. The van der Waals surface area contributed by atoms with E-state index in [1.54, 1.807) is 11.2 Å². The van der Waals surface area contributed by atoms with Crippen LogP contribution in [0.15, 0.2) is 40.9 Å². The number of pyridine rings is 1. The Kier molecular flexibility index (Phi) is 4.42. The number of piperazine rings is 1. The van der Waals surface area contributed by atoms with E-state index in [0.29, 0.717) is 36.1 Å². The minimum Gasteiger partial charge on any atom is -0.367 e. The van der Waals surface area contributed by atoms with Crippen LogP contribution < -0.4 is 4.90 Å². The van der Waals surface area contributed by atoms with Gasteiger partial charge in [-0.2, -0.15) is 4.31 Å². The quantitative estimate of drug-likeness (QED) is 0.690. The molecule has 0 radical (unpaired) electrons. The molecule has 6 nitrogen and oxygen atoms in total. The zero-order valence-electron chi connectivity index (χ0n) is 14.7. The van der Waals surface area contributed by atoms with Crippen molar-refractivity contribution in [1.82, 2.24) is 14.3 Å². The molecule has 3 aromatic rings. The van der Waals surface area contributed by atoms with Crippen LogP contribution in [0, 0.1) is 13.8 Å². The van der Waals surface area contributed by atoms with Crippen LogP contribution in [0.25, 0.3) is 10.8 Å². The summed E-state index contributed by atoms with van der Waals surface area (Å²) in [6.45, 7) is 5.80. The maximum Gasteiger partial charge on any atom is 0.254 e. The van der Waals surface area contributed by atoms with Crippen LogP contribution in [0.4, 0.5) is 5.69 Å². The van der Waals surface area contributed by atoms with E-state index >= 15 is 0 Å². The van der Waals surface area contributed by atoms with E-state index in [0.717, 1.165) is 21.5 Å². The molecule has 1 saturated heterocycles. The SMILES string of the molecule is Cc1nc(C)c(S(=O)(=O)N2CCN(c3cncc4ccccc34)CC2)s1. The van der Waals surface area contributed by atoms with Crippen molar-refractivity contribution in [3.8, 4) is 0 Å². The van der Waals surface area contributed by atoms with Crippen molar-refractivity contribution in [1.29, 1.82) is 0 Å². The largest absolute Gasteiger partial charge is 0.367 e. The summed E-state index contributed by atoms with van der Waals surface area (Å²) in [6.07, 6.45) is 3.72. The van der Waals surface area contributed by atoms with Crippen molar-refractivity contribution in [2.75, 3.05) is 31.1 Å². The molecular formula is C18H20N4O2S2. The third kappa shape index (κ3) is 2.98. The van der Waals surface area contributed by atoms with Gasteiger partial charge < -0.3 is 4.90 Å². The highest BCUT2D eigenvalue weighted by atomic mass is 32.2. The summed E-state index contributed by atoms with van der Waals surface area (Å²) < 4.78 is 27.8. The van der Waals surface area contributed by atoms with E-state index in [-0.39, 0.29) is 0 Å². The van der Waals surface area contributed by atoms with Crippen LogP contribution in [0.1, 0.15) is 10.7 Å². The first-order valence-electron chi connectivity index (χ1n) is 8.49. The van der Waals surface area contributed by atoms with Gasteiger partial charge in [-0.1, -0.05) is 24.3 Å². The maximum atomic E-state index is 12.9. The second-order valence-corrected chi connectivity index (χ2v) is 9.71. The van der Waals surface area contributed by atoms with Gasteiger partial charge in [-0.25, -0.2) is 13.4 Å². The summed E-state index contributed by atoms with van der Waals surface area (Å²) in [5.74, 6) is 0. The molecule has 0 saturated carbocycles. The summed E-state index contributed by atoms with van der Waals surface area (Å²) in [4.78, 5) is 10.8. The van der Waals surface area contributed by atoms with Gasteiger partial charge in [-0.15, -0.1) is 11.3 Å². The lowest BCUT2D eigenvalue weighted by molar-refractivity contribution is 0.386. The summed E-state index contributed by atoms with van der Waals surface area (Å²) in [5.41, 5.74) is 1.65. The third-order valence-corrected chi connectivity index (χ3v) is 8.22. The van der Waals surface area contributed by atoms with Gasteiger partial charge >= 0.3 is 0 Å². The fraction of sp³-hybridized carbons (Fsp3) is 0.333. The molecule has 0 spiro atoms. The number of hydrogen-bond acceptors (Lipinski definition) is 6. The highest BCUT2D eigenvalue weighted by Gasteiger charge is 2.32. The van der Waals surface area contributed by atoms with Gasteiger partial charge in [-0.05, 0) is 13.8 Å². The van der Waals surface area contributed by atoms with Crippen LogP contribution in [-0.2, 0) is 10.0 Å². The molecule has 1 aromatic carbocycles. The fourth-order valence-electron chi connectivity index (χ4n) is 3.39. The van der Waals surface area contributed by atoms with E-state index in [4.69, 9.17) is 0 Å². The van der Waals surface area contributed by atoms with Crippen LogP contribution in [0.3, 0.4) is 0 Å². The van der Waals surface area contributed by atoms with Gasteiger partial charge in [0.2, 0.25) is 0 Å². The smallest absolute Gasteiger partial charge is 0.254 e. The predicted molar refractivity (Wildman–Crippen MR) is 104 cm³/mol. The number of aromatic nitrogens is 2. The molecule has 136 valence electrons. The zero-order chi connectivity index (χ0) is 18.3. The second-order valence-electron chi connectivity index (χ2n) is 6.38. The maximum absolute atomic E-state index is 12.9. The molecule has 0 amide bonds. The van der Waals surface area contributed by atoms with E-state index in [9.17, 15) is 8.42 Å². The summed E-state index contributed by atoms with van der Waals surface area (Å²) in [7, 11) is -3.47. The van der Waals surface area contributed by atoms with Crippen molar-refractivity contribution >= 4 is 37.8 Å². The Balaban J connectivity index is 1.56. The monoisotopic (exact) mass is 388 g/mol. The number of thiazole rings is 1. The van der Waals surface area contributed by atoms with E-state index in [2.05, 4.69) is 20.9 Å². The molecule has 0 N–H and O–H groups in total. The lowest BCUT2D eigenvalue weighted by atomic mass is 10.1. The molecule has 0 atom stereocenters. The Morgan fingerprint density at radius 3 is 2.46 bits per heavy atom. The summed E-state index contributed by atoms with van der Waals surface area (Å²) >= 11 is 1.25. The Morgan fingerprint density at radius 1 is 1.04 bits per heavy atom. The number of fused-ring (bicyclic) bond motifs is 1. The van der Waals surface area contributed by atoms with Crippen LogP contribution in [-0.4, -0.2) is 48.9 Å². The van der Waals surface area contributed by atoms with E-state index < -0.39 is 10.0 Å². The van der Waals surface area contributed by atoms with Gasteiger partial charge in [0.15, 0.2) is 4.21 Å². The first-order valence-corrected chi connectivity index (χ1v) is 10.7. The van der Waals surface area contributed by atoms with Gasteiger partial charge in [0, 0.05) is 43.1 Å². The first kappa shape index (κ1) is 17.4.